The average Bonchev–Trinajstić information content (AvgIpc) is 2.98. The Kier molecular flexibility index (Phi) is 4.99. The summed E-state index contributed by atoms with van der Waals surface area (Å²) in [5.41, 5.74) is 1.53. The number of halogens is 2. The van der Waals surface area contributed by atoms with Gasteiger partial charge >= 0.3 is 5.97 Å². The van der Waals surface area contributed by atoms with Crippen molar-refractivity contribution in [3.05, 3.63) is 45.7 Å². The number of ether oxygens (including phenoxy) is 1. The third-order valence-corrected chi connectivity index (χ3v) is 4.67. The Morgan fingerprint density at radius 2 is 2.04 bits per heavy atom. The normalized spacial score (nSPS) is 17.6. The van der Waals surface area contributed by atoms with Crippen LogP contribution in [0.1, 0.15) is 16.2 Å². The highest BCUT2D eigenvalue weighted by Crippen LogP contribution is 2.25. The number of aryl methyl sites for hydroxylation is 1. The molecule has 1 amide bonds. The largest absolute Gasteiger partial charge is 0.480 e. The van der Waals surface area contributed by atoms with E-state index in [0.717, 1.165) is 0 Å². The molecule has 25 heavy (non-hydrogen) atoms. The third kappa shape index (κ3) is 3.49. The highest BCUT2D eigenvalue weighted by molar-refractivity contribution is 6.42. The Morgan fingerprint density at radius 3 is 2.72 bits per heavy atom. The molecule has 0 radical (unpaired) electrons. The van der Waals surface area contributed by atoms with E-state index < -0.39 is 17.9 Å². The summed E-state index contributed by atoms with van der Waals surface area (Å²) in [4.78, 5) is 25.3. The van der Waals surface area contributed by atoms with Crippen molar-refractivity contribution < 1.29 is 19.4 Å². The maximum atomic E-state index is 12.7. The van der Waals surface area contributed by atoms with E-state index in [0.29, 0.717) is 28.0 Å². The number of rotatable bonds is 3. The Bertz CT molecular complexity index is 837. The lowest BCUT2D eigenvalue weighted by molar-refractivity contribution is -0.147. The molecule has 1 aromatic carbocycles. The molecule has 1 atom stereocenters. The number of hydrogen-bond donors (Lipinski definition) is 1. The predicted octanol–water partition coefficient (Wildman–Crippen LogP) is 2.41. The number of aromatic nitrogens is 2. The molecule has 0 bridgehead atoms. The molecule has 0 aliphatic carbocycles. The number of nitrogens with zero attached hydrogens (tertiary/aromatic N) is 3. The van der Waals surface area contributed by atoms with Crippen molar-refractivity contribution in [1.82, 2.24) is 14.7 Å². The van der Waals surface area contributed by atoms with E-state index >= 15 is 0 Å². The van der Waals surface area contributed by atoms with Crippen LogP contribution in [0.25, 0.3) is 5.69 Å². The van der Waals surface area contributed by atoms with E-state index in [4.69, 9.17) is 27.9 Å². The van der Waals surface area contributed by atoms with Gasteiger partial charge in [-0.3, -0.25) is 4.79 Å². The Labute approximate surface area is 153 Å². The molecule has 9 heteroatoms. The number of amides is 1. The minimum absolute atomic E-state index is 0.0342. The fraction of sp³-hybridized carbons (Fsp3) is 0.312. The quantitative estimate of drug-likeness (QED) is 0.879. The second kappa shape index (κ2) is 7.03. The summed E-state index contributed by atoms with van der Waals surface area (Å²) in [7, 11) is 0. The maximum absolute atomic E-state index is 12.7. The van der Waals surface area contributed by atoms with Crippen LogP contribution in [0.4, 0.5) is 0 Å². The molecule has 2 heterocycles. The molecule has 1 aromatic heterocycles. The highest BCUT2D eigenvalue weighted by atomic mass is 35.5. The summed E-state index contributed by atoms with van der Waals surface area (Å²) >= 11 is 12.0. The molecule has 3 rings (SSSR count). The van der Waals surface area contributed by atoms with Gasteiger partial charge in [0.15, 0.2) is 11.7 Å². The Morgan fingerprint density at radius 1 is 1.28 bits per heavy atom. The Balaban J connectivity index is 1.92. The predicted molar refractivity (Wildman–Crippen MR) is 91.6 cm³/mol. The van der Waals surface area contributed by atoms with Crippen molar-refractivity contribution in [1.29, 1.82) is 0 Å². The van der Waals surface area contributed by atoms with Crippen LogP contribution in [0, 0.1) is 6.92 Å². The lowest BCUT2D eigenvalue weighted by Crippen LogP contribution is -2.52. The highest BCUT2D eigenvalue weighted by Gasteiger charge is 2.34. The van der Waals surface area contributed by atoms with E-state index in [1.54, 1.807) is 35.9 Å². The fourth-order valence-corrected chi connectivity index (χ4v) is 2.95. The molecule has 1 unspecified atom stereocenters. The van der Waals surface area contributed by atoms with Crippen LogP contribution < -0.4 is 0 Å². The summed E-state index contributed by atoms with van der Waals surface area (Å²) in [6.45, 7) is 2.25. The van der Waals surface area contributed by atoms with Crippen molar-refractivity contribution in [3.63, 3.8) is 0 Å². The number of carboxylic acid groups (broad SMARTS) is 1. The lowest BCUT2D eigenvalue weighted by Gasteiger charge is -2.32. The molecule has 1 aliphatic heterocycles. The molecule has 2 aromatic rings. The monoisotopic (exact) mass is 383 g/mol. The van der Waals surface area contributed by atoms with Gasteiger partial charge in [0.1, 0.15) is 0 Å². The van der Waals surface area contributed by atoms with Gasteiger partial charge in [0, 0.05) is 12.2 Å². The zero-order valence-electron chi connectivity index (χ0n) is 13.3. The van der Waals surface area contributed by atoms with Crippen molar-refractivity contribution in [3.8, 4) is 5.69 Å². The summed E-state index contributed by atoms with van der Waals surface area (Å²) < 4.78 is 6.72. The third-order valence-electron chi connectivity index (χ3n) is 3.93. The number of carbonyl (C=O) groups excluding carboxylic acids is 1. The van der Waals surface area contributed by atoms with Crippen LogP contribution in [-0.2, 0) is 9.53 Å². The van der Waals surface area contributed by atoms with Gasteiger partial charge in [-0.15, -0.1) is 0 Å². The molecule has 1 aliphatic rings. The lowest BCUT2D eigenvalue weighted by atomic mass is 10.2. The summed E-state index contributed by atoms with van der Waals surface area (Å²) in [6.07, 6.45) is 0. The minimum Gasteiger partial charge on any atom is -0.480 e. The average molecular weight is 384 g/mol. The van der Waals surface area contributed by atoms with Crippen molar-refractivity contribution >= 4 is 35.1 Å². The number of carbonyl (C=O) groups is 2. The van der Waals surface area contributed by atoms with Crippen molar-refractivity contribution in [2.24, 2.45) is 0 Å². The number of carboxylic acids is 1. The smallest absolute Gasteiger partial charge is 0.328 e. The van der Waals surface area contributed by atoms with Gasteiger partial charge < -0.3 is 14.7 Å². The van der Waals surface area contributed by atoms with Gasteiger partial charge in [0.25, 0.3) is 5.91 Å². The van der Waals surface area contributed by atoms with Gasteiger partial charge in [-0.2, -0.15) is 5.10 Å². The van der Waals surface area contributed by atoms with Crippen molar-refractivity contribution in [2.75, 3.05) is 19.8 Å². The van der Waals surface area contributed by atoms with Crippen LogP contribution in [0.15, 0.2) is 24.3 Å². The summed E-state index contributed by atoms with van der Waals surface area (Å²) in [5, 5.41) is 14.4. The van der Waals surface area contributed by atoms with Gasteiger partial charge in [0.05, 0.1) is 28.9 Å². The SMILES string of the molecule is Cc1cc(C(=O)N2CCOCC2C(=O)O)nn1-c1ccc(Cl)c(Cl)c1. The van der Waals surface area contributed by atoms with E-state index in [1.807, 2.05) is 0 Å². The van der Waals surface area contributed by atoms with Gasteiger partial charge in [-0.1, -0.05) is 23.2 Å². The molecule has 1 fully saturated rings. The molecular formula is C16H15Cl2N3O4. The van der Waals surface area contributed by atoms with Gasteiger partial charge in [0.2, 0.25) is 0 Å². The van der Waals surface area contributed by atoms with Crippen LogP contribution in [-0.4, -0.2) is 57.5 Å². The fourth-order valence-electron chi connectivity index (χ4n) is 2.66. The second-order valence-corrected chi connectivity index (χ2v) is 6.42. The first-order valence-electron chi connectivity index (χ1n) is 7.52. The molecule has 1 N–H and O–H groups in total. The number of morpholine rings is 1. The maximum Gasteiger partial charge on any atom is 0.328 e. The van der Waals surface area contributed by atoms with Gasteiger partial charge in [-0.25, -0.2) is 9.48 Å². The van der Waals surface area contributed by atoms with Crippen LogP contribution >= 0.6 is 23.2 Å². The van der Waals surface area contributed by atoms with Crippen LogP contribution in [0.3, 0.4) is 0 Å². The molecular weight excluding hydrogens is 369 g/mol. The molecule has 0 spiro atoms. The van der Waals surface area contributed by atoms with Crippen LogP contribution in [0.2, 0.25) is 10.0 Å². The van der Waals surface area contributed by atoms with E-state index in [2.05, 4.69) is 5.10 Å². The van der Waals surface area contributed by atoms with E-state index in [-0.39, 0.29) is 18.8 Å². The van der Waals surface area contributed by atoms with E-state index in [1.165, 1.54) is 4.90 Å². The van der Waals surface area contributed by atoms with Crippen molar-refractivity contribution in [2.45, 2.75) is 13.0 Å². The summed E-state index contributed by atoms with van der Waals surface area (Å²) in [5.74, 6) is -1.55. The first-order valence-corrected chi connectivity index (χ1v) is 8.27. The van der Waals surface area contributed by atoms with Crippen LogP contribution in [0.5, 0.6) is 0 Å². The number of aliphatic carboxylic acids is 1. The first-order chi connectivity index (χ1) is 11.9. The van der Waals surface area contributed by atoms with Gasteiger partial charge in [-0.05, 0) is 31.2 Å². The first kappa shape index (κ1) is 17.7. The Hall–Kier alpha value is -2.09. The summed E-state index contributed by atoms with van der Waals surface area (Å²) in [6, 6.07) is 5.62. The topological polar surface area (TPSA) is 84.7 Å². The number of benzene rings is 1. The minimum atomic E-state index is -1.10. The zero-order valence-corrected chi connectivity index (χ0v) is 14.8. The number of hydrogen-bond acceptors (Lipinski definition) is 4. The van der Waals surface area contributed by atoms with E-state index in [9.17, 15) is 14.7 Å². The molecule has 0 saturated carbocycles. The second-order valence-electron chi connectivity index (χ2n) is 5.61. The molecule has 132 valence electrons. The zero-order chi connectivity index (χ0) is 18.1. The molecule has 7 nitrogen and oxygen atoms in total. The standard InChI is InChI=1S/C16H15Cl2N3O4/c1-9-6-13(15(22)20-4-5-25-8-14(20)16(23)24)19-21(9)10-2-3-11(17)12(18)7-10/h2-3,6-7,14H,4-5,8H2,1H3,(H,23,24). The molecule has 1 saturated heterocycles.